The van der Waals surface area contributed by atoms with Crippen molar-refractivity contribution >= 4 is 0 Å². The molecule has 2 nitrogen and oxygen atoms in total. The molecule has 1 saturated carbocycles. The predicted molar refractivity (Wildman–Crippen MR) is 57.7 cm³/mol. The van der Waals surface area contributed by atoms with Gasteiger partial charge < -0.3 is 10.6 Å². The lowest BCUT2D eigenvalue weighted by Gasteiger charge is -2.32. The average Bonchev–Trinajstić information content (AvgIpc) is 2.17. The van der Waals surface area contributed by atoms with Gasteiger partial charge in [-0.1, -0.05) is 26.7 Å². The van der Waals surface area contributed by atoms with E-state index < -0.39 is 0 Å². The van der Waals surface area contributed by atoms with Crippen molar-refractivity contribution in [3.8, 4) is 0 Å². The van der Waals surface area contributed by atoms with E-state index in [0.29, 0.717) is 6.04 Å². The molecule has 0 aromatic rings. The maximum absolute atomic E-state index is 6.11. The van der Waals surface area contributed by atoms with E-state index in [1.807, 2.05) is 0 Å². The van der Waals surface area contributed by atoms with E-state index in [0.717, 1.165) is 5.92 Å². The minimum absolute atomic E-state index is 0.467. The van der Waals surface area contributed by atoms with Gasteiger partial charge in [0.25, 0.3) is 0 Å². The van der Waals surface area contributed by atoms with Gasteiger partial charge in [0.1, 0.15) is 0 Å². The molecule has 1 aliphatic carbocycles. The molecule has 0 radical (unpaired) electrons. The van der Waals surface area contributed by atoms with Crippen LogP contribution in [-0.4, -0.2) is 30.6 Å². The zero-order valence-corrected chi connectivity index (χ0v) is 9.13. The van der Waals surface area contributed by atoms with Crippen molar-refractivity contribution in [1.29, 1.82) is 0 Å². The number of nitrogens with zero attached hydrogens (tertiary/aromatic N) is 1. The van der Waals surface area contributed by atoms with E-state index in [9.17, 15) is 0 Å². The average molecular weight is 184 g/mol. The molecule has 0 aromatic heterocycles. The van der Waals surface area contributed by atoms with Crippen molar-refractivity contribution in [3.05, 3.63) is 0 Å². The smallest absolute Gasteiger partial charge is 0.00793 e. The van der Waals surface area contributed by atoms with Gasteiger partial charge in [-0.05, 0) is 31.8 Å². The van der Waals surface area contributed by atoms with Gasteiger partial charge in [0.05, 0.1) is 0 Å². The van der Waals surface area contributed by atoms with E-state index in [1.54, 1.807) is 0 Å². The maximum atomic E-state index is 6.11. The summed E-state index contributed by atoms with van der Waals surface area (Å²) < 4.78 is 0. The molecule has 0 amide bonds. The van der Waals surface area contributed by atoms with Crippen LogP contribution in [0.1, 0.15) is 39.5 Å². The summed E-state index contributed by atoms with van der Waals surface area (Å²) in [6.07, 6.45) is 5.32. The molecule has 13 heavy (non-hydrogen) atoms. The highest BCUT2D eigenvalue weighted by atomic mass is 15.1. The Morgan fingerprint density at radius 3 is 2.31 bits per heavy atom. The predicted octanol–water partition coefficient (Wildman–Crippen LogP) is 1.85. The highest BCUT2D eigenvalue weighted by Gasteiger charge is 2.22. The molecule has 2 N–H and O–H groups in total. The Hall–Kier alpha value is -0.0800. The highest BCUT2D eigenvalue weighted by Crippen LogP contribution is 2.23. The van der Waals surface area contributed by atoms with Crippen LogP contribution in [0.4, 0.5) is 0 Å². The van der Waals surface area contributed by atoms with Crippen LogP contribution in [-0.2, 0) is 0 Å². The Morgan fingerprint density at radius 1 is 1.15 bits per heavy atom. The van der Waals surface area contributed by atoms with E-state index in [-0.39, 0.29) is 0 Å². The first-order valence-corrected chi connectivity index (χ1v) is 5.75. The fraction of sp³-hybridized carbons (Fsp3) is 1.00. The third-order valence-electron chi connectivity index (χ3n) is 3.36. The Bertz CT molecular complexity index is 132. The lowest BCUT2D eigenvalue weighted by molar-refractivity contribution is 0.197. The minimum Gasteiger partial charge on any atom is -0.327 e. The molecule has 2 heteroatoms. The normalized spacial score (nSPS) is 29.5. The highest BCUT2D eigenvalue weighted by molar-refractivity contribution is 4.80. The van der Waals surface area contributed by atoms with Gasteiger partial charge in [-0.15, -0.1) is 0 Å². The molecule has 0 spiro atoms. The Labute approximate surface area is 82.5 Å². The zero-order chi connectivity index (χ0) is 9.68. The van der Waals surface area contributed by atoms with Crippen LogP contribution in [0.2, 0.25) is 0 Å². The van der Waals surface area contributed by atoms with Crippen LogP contribution >= 0.6 is 0 Å². The van der Waals surface area contributed by atoms with Crippen molar-refractivity contribution in [2.24, 2.45) is 11.7 Å². The first kappa shape index (κ1) is 11.0. The molecule has 1 aliphatic rings. The number of nitrogens with two attached hydrogens (primary N) is 1. The molecule has 0 bridgehead atoms. The molecular weight excluding hydrogens is 160 g/mol. The summed E-state index contributed by atoms with van der Waals surface area (Å²) in [6, 6.07) is 0.467. The third kappa shape index (κ3) is 3.28. The lowest BCUT2D eigenvalue weighted by Crippen LogP contribution is -2.41. The molecule has 1 fully saturated rings. The minimum atomic E-state index is 0.467. The van der Waals surface area contributed by atoms with Gasteiger partial charge in [-0.25, -0.2) is 0 Å². The molecule has 0 unspecified atom stereocenters. The van der Waals surface area contributed by atoms with Crippen molar-refractivity contribution in [1.82, 2.24) is 4.90 Å². The second kappa shape index (κ2) is 5.61. The monoisotopic (exact) mass is 184 g/mol. The second-order valence-corrected chi connectivity index (χ2v) is 4.19. The summed E-state index contributed by atoms with van der Waals surface area (Å²) in [5.41, 5.74) is 6.11. The summed E-state index contributed by atoms with van der Waals surface area (Å²) in [4.78, 5) is 2.50. The molecule has 2 atom stereocenters. The van der Waals surface area contributed by atoms with Crippen molar-refractivity contribution in [2.45, 2.75) is 45.6 Å². The summed E-state index contributed by atoms with van der Waals surface area (Å²) in [5, 5.41) is 0. The van der Waals surface area contributed by atoms with Gasteiger partial charge >= 0.3 is 0 Å². The van der Waals surface area contributed by atoms with Crippen LogP contribution < -0.4 is 5.73 Å². The van der Waals surface area contributed by atoms with Crippen molar-refractivity contribution in [3.63, 3.8) is 0 Å². The van der Waals surface area contributed by atoms with Crippen LogP contribution in [0.25, 0.3) is 0 Å². The first-order chi connectivity index (χ1) is 6.27. The van der Waals surface area contributed by atoms with Crippen molar-refractivity contribution in [2.75, 3.05) is 19.6 Å². The number of rotatable bonds is 4. The summed E-state index contributed by atoms with van der Waals surface area (Å²) in [5.74, 6) is 0.758. The summed E-state index contributed by atoms with van der Waals surface area (Å²) in [6.45, 7) is 8.02. The zero-order valence-electron chi connectivity index (χ0n) is 9.13. The fourth-order valence-corrected chi connectivity index (χ4v) is 2.28. The van der Waals surface area contributed by atoms with Gasteiger partial charge in [-0.2, -0.15) is 0 Å². The van der Waals surface area contributed by atoms with Gasteiger partial charge in [-0.3, -0.25) is 0 Å². The fourth-order valence-electron chi connectivity index (χ4n) is 2.28. The van der Waals surface area contributed by atoms with E-state index in [1.165, 1.54) is 45.3 Å². The Balaban J connectivity index is 2.32. The van der Waals surface area contributed by atoms with Gasteiger partial charge in [0, 0.05) is 12.6 Å². The number of hydrogen-bond donors (Lipinski definition) is 1. The van der Waals surface area contributed by atoms with E-state index in [4.69, 9.17) is 5.73 Å². The Kier molecular flexibility index (Phi) is 4.74. The molecule has 78 valence electrons. The number of hydrogen-bond acceptors (Lipinski definition) is 2. The molecule has 0 aromatic carbocycles. The van der Waals surface area contributed by atoms with Gasteiger partial charge in [0.15, 0.2) is 0 Å². The quantitative estimate of drug-likeness (QED) is 0.722. The first-order valence-electron chi connectivity index (χ1n) is 5.75. The lowest BCUT2D eigenvalue weighted by atomic mass is 9.85. The topological polar surface area (TPSA) is 29.3 Å². The van der Waals surface area contributed by atoms with E-state index in [2.05, 4.69) is 18.7 Å². The van der Waals surface area contributed by atoms with Crippen LogP contribution in [0.15, 0.2) is 0 Å². The molecule has 0 heterocycles. The van der Waals surface area contributed by atoms with Crippen molar-refractivity contribution < 1.29 is 0 Å². The SMILES string of the molecule is CCN(CC)C[C@@H]1CCCC[C@@H]1N. The maximum Gasteiger partial charge on any atom is 0.00793 e. The van der Waals surface area contributed by atoms with Crippen LogP contribution in [0.5, 0.6) is 0 Å². The molecular formula is C11H24N2. The Morgan fingerprint density at radius 2 is 1.77 bits per heavy atom. The van der Waals surface area contributed by atoms with Gasteiger partial charge in [0.2, 0.25) is 0 Å². The summed E-state index contributed by atoms with van der Waals surface area (Å²) in [7, 11) is 0. The second-order valence-electron chi connectivity index (χ2n) is 4.19. The molecule has 0 aliphatic heterocycles. The third-order valence-corrected chi connectivity index (χ3v) is 3.36. The summed E-state index contributed by atoms with van der Waals surface area (Å²) >= 11 is 0. The standard InChI is InChI=1S/C11H24N2/c1-3-13(4-2)9-10-7-5-6-8-11(10)12/h10-11H,3-9,12H2,1-2H3/t10-,11-/m0/s1. The molecule has 0 saturated heterocycles. The largest absolute Gasteiger partial charge is 0.327 e. The van der Waals surface area contributed by atoms with Crippen LogP contribution in [0.3, 0.4) is 0 Å². The van der Waals surface area contributed by atoms with E-state index >= 15 is 0 Å². The van der Waals surface area contributed by atoms with Crippen LogP contribution in [0, 0.1) is 5.92 Å². The molecule has 1 rings (SSSR count).